The summed E-state index contributed by atoms with van der Waals surface area (Å²) in [6.07, 6.45) is -0.132. The number of nitrogens with two attached hydrogens (primary N) is 1. The number of nitrogens with zero attached hydrogens (tertiary/aromatic N) is 2. The summed E-state index contributed by atoms with van der Waals surface area (Å²) in [4.78, 5) is 40.1. The molecular weight excluding hydrogens is 410 g/mol. The number of morpholine rings is 1. The Morgan fingerprint density at radius 1 is 1.00 bits per heavy atom. The maximum atomic E-state index is 13.4. The number of rotatable bonds is 10. The summed E-state index contributed by atoms with van der Waals surface area (Å²) < 4.78 is 5.35. The van der Waals surface area contributed by atoms with Gasteiger partial charge in [0, 0.05) is 38.2 Å². The minimum absolute atomic E-state index is 0.0262. The highest BCUT2D eigenvalue weighted by molar-refractivity contribution is 5.97. The van der Waals surface area contributed by atoms with Crippen molar-refractivity contribution in [3.8, 4) is 11.1 Å². The second kappa shape index (κ2) is 11.4. The molecule has 8 nitrogen and oxygen atoms in total. The summed E-state index contributed by atoms with van der Waals surface area (Å²) in [5.41, 5.74) is 7.63. The molecule has 1 heterocycles. The summed E-state index contributed by atoms with van der Waals surface area (Å²) in [6.45, 7) is 3.43. The van der Waals surface area contributed by atoms with Crippen molar-refractivity contribution < 1.29 is 24.2 Å². The molecule has 3 rings (SSSR count). The molecule has 2 aromatic rings. The van der Waals surface area contributed by atoms with E-state index in [0.717, 1.165) is 24.2 Å². The smallest absolute Gasteiger partial charge is 0.326 e. The molecule has 0 radical (unpaired) electrons. The van der Waals surface area contributed by atoms with Gasteiger partial charge in [0.15, 0.2) is 0 Å². The number of amides is 2. The van der Waals surface area contributed by atoms with Crippen LogP contribution in [0.2, 0.25) is 0 Å². The molecule has 8 heteroatoms. The van der Waals surface area contributed by atoms with Gasteiger partial charge in [0.05, 0.1) is 13.2 Å². The molecule has 0 aromatic heterocycles. The van der Waals surface area contributed by atoms with Gasteiger partial charge in [0.2, 0.25) is 5.91 Å². The lowest BCUT2D eigenvalue weighted by atomic mass is 10.0. The summed E-state index contributed by atoms with van der Waals surface area (Å²) in [7, 11) is 0. The fraction of sp³-hybridized carbons (Fsp3) is 0.375. The zero-order chi connectivity index (χ0) is 22.9. The van der Waals surface area contributed by atoms with Gasteiger partial charge in [-0.05, 0) is 29.7 Å². The second-order valence-electron chi connectivity index (χ2n) is 7.75. The Bertz CT molecular complexity index is 911. The van der Waals surface area contributed by atoms with Crippen LogP contribution in [0.25, 0.3) is 11.1 Å². The summed E-state index contributed by atoms with van der Waals surface area (Å²) in [5, 5.41) is 9.80. The van der Waals surface area contributed by atoms with Crippen LogP contribution >= 0.6 is 0 Å². The normalized spacial score (nSPS) is 15.1. The Morgan fingerprint density at radius 2 is 1.62 bits per heavy atom. The number of carbonyl (C=O) groups is 3. The predicted molar refractivity (Wildman–Crippen MR) is 120 cm³/mol. The largest absolute Gasteiger partial charge is 0.480 e. The standard InChI is InChI=1S/C24H29N3O5/c25-22(28)11-10-21(24(30)31)27(13-12-26-14-16-32-17-15-26)23(29)20-8-6-19(7-9-20)18-4-2-1-3-5-18/h1-9,21H,10-17H2,(H2,25,28)(H,30,31)/t21-/m0/s1. The lowest BCUT2D eigenvalue weighted by Gasteiger charge is -2.33. The minimum Gasteiger partial charge on any atom is -0.480 e. The Balaban J connectivity index is 1.80. The average molecular weight is 440 g/mol. The number of aliphatic carboxylic acids is 1. The van der Waals surface area contributed by atoms with Gasteiger partial charge >= 0.3 is 5.97 Å². The molecule has 0 saturated carbocycles. The molecule has 32 heavy (non-hydrogen) atoms. The van der Waals surface area contributed by atoms with Crippen molar-refractivity contribution in [2.45, 2.75) is 18.9 Å². The topological polar surface area (TPSA) is 113 Å². The van der Waals surface area contributed by atoms with Crippen molar-refractivity contribution in [3.05, 3.63) is 60.2 Å². The molecule has 1 aliphatic heterocycles. The van der Waals surface area contributed by atoms with Crippen LogP contribution in [0.1, 0.15) is 23.2 Å². The second-order valence-corrected chi connectivity index (χ2v) is 7.75. The van der Waals surface area contributed by atoms with Gasteiger partial charge in [-0.3, -0.25) is 14.5 Å². The molecule has 1 saturated heterocycles. The van der Waals surface area contributed by atoms with E-state index in [0.29, 0.717) is 25.3 Å². The lowest BCUT2D eigenvalue weighted by molar-refractivity contribution is -0.142. The minimum atomic E-state index is -1.15. The number of carboxylic acid groups (broad SMARTS) is 1. The highest BCUT2D eigenvalue weighted by atomic mass is 16.5. The van der Waals surface area contributed by atoms with E-state index >= 15 is 0 Å². The fourth-order valence-electron chi connectivity index (χ4n) is 3.77. The zero-order valence-electron chi connectivity index (χ0n) is 18.0. The van der Waals surface area contributed by atoms with E-state index in [1.807, 2.05) is 42.5 Å². The van der Waals surface area contributed by atoms with Crippen LogP contribution in [-0.2, 0) is 14.3 Å². The Hall–Kier alpha value is -3.23. The molecule has 1 aliphatic rings. The zero-order valence-corrected chi connectivity index (χ0v) is 18.0. The third-order valence-corrected chi connectivity index (χ3v) is 5.59. The van der Waals surface area contributed by atoms with Gasteiger partial charge < -0.3 is 20.5 Å². The van der Waals surface area contributed by atoms with E-state index in [-0.39, 0.29) is 25.3 Å². The van der Waals surface area contributed by atoms with Crippen LogP contribution in [-0.4, -0.2) is 78.1 Å². The number of primary amides is 1. The SMILES string of the molecule is NC(=O)CC[C@@H](C(=O)O)N(CCN1CCOCC1)C(=O)c1ccc(-c2ccccc2)cc1. The van der Waals surface area contributed by atoms with Gasteiger partial charge in [-0.1, -0.05) is 42.5 Å². The first-order valence-corrected chi connectivity index (χ1v) is 10.7. The number of hydrogen-bond donors (Lipinski definition) is 2. The third-order valence-electron chi connectivity index (χ3n) is 5.59. The number of carbonyl (C=O) groups excluding carboxylic acids is 2. The van der Waals surface area contributed by atoms with Crippen LogP contribution in [0, 0.1) is 0 Å². The first-order valence-electron chi connectivity index (χ1n) is 10.7. The molecular formula is C24H29N3O5. The van der Waals surface area contributed by atoms with Gasteiger partial charge in [-0.15, -0.1) is 0 Å². The number of carboxylic acids is 1. The molecule has 3 N–H and O–H groups in total. The highest BCUT2D eigenvalue weighted by Crippen LogP contribution is 2.21. The fourth-order valence-corrected chi connectivity index (χ4v) is 3.77. The number of benzene rings is 2. The monoisotopic (exact) mass is 439 g/mol. The Labute approximate surface area is 187 Å². The van der Waals surface area contributed by atoms with Crippen molar-refractivity contribution >= 4 is 17.8 Å². The molecule has 0 aliphatic carbocycles. The molecule has 1 atom stereocenters. The van der Waals surface area contributed by atoms with Crippen molar-refractivity contribution in [2.75, 3.05) is 39.4 Å². The first-order chi connectivity index (χ1) is 15.5. The maximum absolute atomic E-state index is 13.4. The summed E-state index contributed by atoms with van der Waals surface area (Å²) in [5.74, 6) is -2.12. The third kappa shape index (κ3) is 6.38. The molecule has 2 amide bonds. The highest BCUT2D eigenvalue weighted by Gasteiger charge is 2.31. The van der Waals surface area contributed by atoms with Crippen LogP contribution < -0.4 is 5.73 Å². The van der Waals surface area contributed by atoms with E-state index in [4.69, 9.17) is 10.5 Å². The van der Waals surface area contributed by atoms with E-state index < -0.39 is 17.9 Å². The number of hydrogen-bond acceptors (Lipinski definition) is 5. The van der Waals surface area contributed by atoms with E-state index in [1.54, 1.807) is 12.1 Å². The first kappa shape index (κ1) is 23.4. The van der Waals surface area contributed by atoms with Crippen molar-refractivity contribution in [1.82, 2.24) is 9.80 Å². The molecule has 0 unspecified atom stereocenters. The van der Waals surface area contributed by atoms with Crippen LogP contribution in [0.4, 0.5) is 0 Å². The van der Waals surface area contributed by atoms with Crippen LogP contribution in [0.15, 0.2) is 54.6 Å². The molecule has 170 valence electrons. The van der Waals surface area contributed by atoms with Crippen molar-refractivity contribution in [3.63, 3.8) is 0 Å². The maximum Gasteiger partial charge on any atom is 0.326 e. The van der Waals surface area contributed by atoms with Crippen molar-refractivity contribution in [1.29, 1.82) is 0 Å². The van der Waals surface area contributed by atoms with Crippen LogP contribution in [0.3, 0.4) is 0 Å². The molecule has 2 aromatic carbocycles. The van der Waals surface area contributed by atoms with Gasteiger partial charge in [0.25, 0.3) is 5.91 Å². The van der Waals surface area contributed by atoms with Crippen LogP contribution in [0.5, 0.6) is 0 Å². The van der Waals surface area contributed by atoms with Crippen molar-refractivity contribution in [2.24, 2.45) is 5.73 Å². The predicted octanol–water partition coefficient (Wildman–Crippen LogP) is 1.85. The molecule has 1 fully saturated rings. The molecule has 0 spiro atoms. The Kier molecular flexibility index (Phi) is 8.35. The summed E-state index contributed by atoms with van der Waals surface area (Å²) in [6, 6.07) is 15.8. The van der Waals surface area contributed by atoms with E-state index in [1.165, 1.54) is 4.90 Å². The Morgan fingerprint density at radius 3 is 2.22 bits per heavy atom. The van der Waals surface area contributed by atoms with Gasteiger partial charge in [-0.2, -0.15) is 0 Å². The average Bonchev–Trinajstić information content (AvgIpc) is 2.81. The quantitative estimate of drug-likeness (QED) is 0.584. The summed E-state index contributed by atoms with van der Waals surface area (Å²) >= 11 is 0. The van der Waals surface area contributed by atoms with Gasteiger partial charge in [-0.25, -0.2) is 4.79 Å². The van der Waals surface area contributed by atoms with E-state index in [9.17, 15) is 19.5 Å². The molecule has 0 bridgehead atoms. The number of ether oxygens (including phenoxy) is 1. The van der Waals surface area contributed by atoms with E-state index in [2.05, 4.69) is 4.90 Å². The van der Waals surface area contributed by atoms with Gasteiger partial charge in [0.1, 0.15) is 6.04 Å². The lowest BCUT2D eigenvalue weighted by Crippen LogP contribution is -2.50.